The molecule has 1 rings (SSSR count). The van der Waals surface area contributed by atoms with Gasteiger partial charge in [0.1, 0.15) is 0 Å². The highest BCUT2D eigenvalue weighted by atomic mass is 16.7. The van der Waals surface area contributed by atoms with Crippen molar-refractivity contribution in [3.63, 3.8) is 0 Å². The van der Waals surface area contributed by atoms with Crippen LogP contribution >= 0.6 is 0 Å². The van der Waals surface area contributed by atoms with Gasteiger partial charge in [-0.25, -0.2) is 0 Å². The van der Waals surface area contributed by atoms with Gasteiger partial charge in [0.2, 0.25) is 0 Å². The minimum Gasteiger partial charge on any atom is -0.455 e. The standard InChI is InChI=1S/C24H41NO9/c1-5-6-7-8-9-10-11-12-13-14-15-25-23(29)21-19(31-16(2)26)20(32-17(3)27)22(24(30)34-21)33-18(4)28/h19-22,24,30H,5-15H2,1-4H3,(H,25,29)/t19-,20-,21-,22+,24?/m0/s1. The third-order valence-electron chi connectivity index (χ3n) is 5.51. The first-order chi connectivity index (χ1) is 16.2. The van der Waals surface area contributed by atoms with Crippen LogP contribution in [0.4, 0.5) is 0 Å². The van der Waals surface area contributed by atoms with Gasteiger partial charge in [0, 0.05) is 27.3 Å². The van der Waals surface area contributed by atoms with E-state index in [-0.39, 0.29) is 0 Å². The highest BCUT2D eigenvalue weighted by Gasteiger charge is 2.53. The van der Waals surface area contributed by atoms with Crippen molar-refractivity contribution in [3.8, 4) is 0 Å². The average Bonchev–Trinajstić information content (AvgIpc) is 2.75. The molecule has 1 heterocycles. The molecule has 0 bridgehead atoms. The number of hydrogen-bond acceptors (Lipinski definition) is 9. The summed E-state index contributed by atoms with van der Waals surface area (Å²) in [6, 6.07) is 0. The molecule has 1 aliphatic heterocycles. The maximum Gasteiger partial charge on any atom is 0.303 e. The molecule has 196 valence electrons. The molecule has 0 aromatic rings. The van der Waals surface area contributed by atoms with E-state index in [1.807, 2.05) is 0 Å². The largest absolute Gasteiger partial charge is 0.455 e. The molecule has 2 N–H and O–H groups in total. The second-order valence-electron chi connectivity index (χ2n) is 8.64. The Kier molecular flexibility index (Phi) is 14.4. The van der Waals surface area contributed by atoms with E-state index >= 15 is 0 Å². The molecule has 0 aromatic carbocycles. The minimum absolute atomic E-state index is 0.379. The molecule has 1 unspecified atom stereocenters. The molecule has 1 saturated heterocycles. The van der Waals surface area contributed by atoms with Crippen LogP contribution in [-0.4, -0.2) is 66.2 Å². The van der Waals surface area contributed by atoms with Crippen LogP contribution < -0.4 is 5.32 Å². The van der Waals surface area contributed by atoms with Crippen LogP contribution in [0.15, 0.2) is 0 Å². The van der Waals surface area contributed by atoms with Gasteiger partial charge in [-0.3, -0.25) is 19.2 Å². The van der Waals surface area contributed by atoms with Crippen molar-refractivity contribution in [1.29, 1.82) is 0 Å². The van der Waals surface area contributed by atoms with Crippen LogP contribution in [-0.2, 0) is 38.1 Å². The van der Waals surface area contributed by atoms with Crippen molar-refractivity contribution < 1.29 is 43.2 Å². The van der Waals surface area contributed by atoms with Crippen molar-refractivity contribution in [2.45, 2.75) is 123 Å². The molecule has 5 atom stereocenters. The monoisotopic (exact) mass is 487 g/mol. The topological polar surface area (TPSA) is 137 Å². The molecule has 10 nitrogen and oxygen atoms in total. The minimum atomic E-state index is -1.76. The first-order valence-electron chi connectivity index (χ1n) is 12.3. The maximum atomic E-state index is 12.8. The third-order valence-corrected chi connectivity index (χ3v) is 5.51. The molecule has 0 spiro atoms. The lowest BCUT2D eigenvalue weighted by Gasteiger charge is -2.42. The number of hydrogen-bond donors (Lipinski definition) is 2. The zero-order chi connectivity index (χ0) is 25.5. The van der Waals surface area contributed by atoms with Gasteiger partial charge in [-0.1, -0.05) is 64.7 Å². The lowest BCUT2D eigenvalue weighted by atomic mass is 9.97. The Bertz CT molecular complexity index is 654. The normalized spacial score (nSPS) is 24.2. The predicted molar refractivity (Wildman–Crippen MR) is 122 cm³/mol. The fourth-order valence-corrected chi connectivity index (χ4v) is 3.93. The Hall–Kier alpha value is -2.20. The summed E-state index contributed by atoms with van der Waals surface area (Å²) in [5.41, 5.74) is 0. The van der Waals surface area contributed by atoms with Crippen molar-refractivity contribution in [1.82, 2.24) is 5.32 Å². The van der Waals surface area contributed by atoms with Gasteiger partial charge in [0.05, 0.1) is 0 Å². The summed E-state index contributed by atoms with van der Waals surface area (Å²) in [5.74, 6) is -2.91. The number of aliphatic hydroxyl groups excluding tert-OH is 1. The Labute approximate surface area is 202 Å². The molecule has 0 radical (unpaired) electrons. The molecule has 34 heavy (non-hydrogen) atoms. The molecule has 0 aliphatic carbocycles. The molecule has 1 aliphatic rings. The highest BCUT2D eigenvalue weighted by Crippen LogP contribution is 2.28. The van der Waals surface area contributed by atoms with Gasteiger partial charge >= 0.3 is 17.9 Å². The van der Waals surface area contributed by atoms with Gasteiger partial charge < -0.3 is 29.4 Å². The summed E-state index contributed by atoms with van der Waals surface area (Å²) in [5, 5.41) is 13.0. The Morgan fingerprint density at radius 3 is 1.65 bits per heavy atom. The van der Waals surface area contributed by atoms with Crippen LogP contribution in [0.1, 0.15) is 91.9 Å². The lowest BCUT2D eigenvalue weighted by Crippen LogP contribution is -2.64. The molecular weight excluding hydrogens is 446 g/mol. The van der Waals surface area contributed by atoms with E-state index in [1.165, 1.54) is 38.5 Å². The van der Waals surface area contributed by atoms with E-state index < -0.39 is 54.5 Å². The number of aliphatic hydroxyl groups is 1. The summed E-state index contributed by atoms with van der Waals surface area (Å²) >= 11 is 0. The van der Waals surface area contributed by atoms with Crippen LogP contribution in [0.5, 0.6) is 0 Å². The molecule has 0 aromatic heterocycles. The highest BCUT2D eigenvalue weighted by molar-refractivity contribution is 5.82. The average molecular weight is 488 g/mol. The SMILES string of the molecule is CCCCCCCCCCCCNC(=O)[C@H]1OC(O)[C@H](OC(C)=O)[C@@H](OC(C)=O)[C@@H]1OC(C)=O. The summed E-state index contributed by atoms with van der Waals surface area (Å²) < 4.78 is 20.7. The van der Waals surface area contributed by atoms with E-state index in [0.717, 1.165) is 46.5 Å². The van der Waals surface area contributed by atoms with Crippen molar-refractivity contribution in [2.24, 2.45) is 0 Å². The fourth-order valence-electron chi connectivity index (χ4n) is 3.93. The van der Waals surface area contributed by atoms with Gasteiger partial charge in [-0.15, -0.1) is 0 Å². The van der Waals surface area contributed by atoms with Crippen LogP contribution in [0.2, 0.25) is 0 Å². The summed E-state index contributed by atoms with van der Waals surface area (Å²) in [6.45, 7) is 5.91. The molecule has 1 fully saturated rings. The lowest BCUT2D eigenvalue weighted by molar-refractivity contribution is -0.286. The van der Waals surface area contributed by atoms with Gasteiger partial charge in [0.15, 0.2) is 30.7 Å². The van der Waals surface area contributed by atoms with Crippen molar-refractivity contribution in [2.75, 3.05) is 6.54 Å². The number of carbonyl (C=O) groups is 4. The molecule has 10 heteroatoms. The van der Waals surface area contributed by atoms with Gasteiger partial charge in [-0.05, 0) is 6.42 Å². The molecule has 1 amide bonds. The number of nitrogens with one attached hydrogen (secondary N) is 1. The predicted octanol–water partition coefficient (Wildman–Crippen LogP) is 2.54. The zero-order valence-electron chi connectivity index (χ0n) is 20.9. The number of esters is 3. The maximum absolute atomic E-state index is 12.8. The number of amides is 1. The Balaban J connectivity index is 2.60. The van der Waals surface area contributed by atoms with Crippen LogP contribution in [0.25, 0.3) is 0 Å². The van der Waals surface area contributed by atoms with E-state index in [9.17, 15) is 24.3 Å². The van der Waals surface area contributed by atoms with Crippen molar-refractivity contribution in [3.05, 3.63) is 0 Å². The number of ether oxygens (including phenoxy) is 4. The van der Waals surface area contributed by atoms with Crippen LogP contribution in [0, 0.1) is 0 Å². The second kappa shape index (κ2) is 16.4. The molecule has 0 saturated carbocycles. The Morgan fingerprint density at radius 1 is 0.706 bits per heavy atom. The summed E-state index contributed by atoms with van der Waals surface area (Å²) in [6.07, 6.45) is 4.09. The van der Waals surface area contributed by atoms with E-state index in [2.05, 4.69) is 12.2 Å². The third kappa shape index (κ3) is 11.3. The first kappa shape index (κ1) is 29.8. The van der Waals surface area contributed by atoms with Crippen molar-refractivity contribution >= 4 is 23.8 Å². The van der Waals surface area contributed by atoms with Crippen LogP contribution in [0.3, 0.4) is 0 Å². The summed E-state index contributed by atoms with van der Waals surface area (Å²) in [7, 11) is 0. The van der Waals surface area contributed by atoms with Gasteiger partial charge in [0.25, 0.3) is 5.91 Å². The van der Waals surface area contributed by atoms with E-state index in [0.29, 0.717) is 6.54 Å². The zero-order valence-corrected chi connectivity index (χ0v) is 20.9. The fraction of sp³-hybridized carbons (Fsp3) is 0.833. The smallest absolute Gasteiger partial charge is 0.303 e. The first-order valence-corrected chi connectivity index (χ1v) is 12.3. The van der Waals surface area contributed by atoms with E-state index in [4.69, 9.17) is 18.9 Å². The molecular formula is C24H41NO9. The number of carbonyl (C=O) groups excluding carboxylic acids is 4. The van der Waals surface area contributed by atoms with E-state index in [1.54, 1.807) is 0 Å². The number of unbranched alkanes of at least 4 members (excludes halogenated alkanes) is 9. The summed E-state index contributed by atoms with van der Waals surface area (Å²) in [4.78, 5) is 47.5. The second-order valence-corrected chi connectivity index (χ2v) is 8.64. The number of rotatable bonds is 15. The quantitative estimate of drug-likeness (QED) is 0.203. The van der Waals surface area contributed by atoms with Gasteiger partial charge in [-0.2, -0.15) is 0 Å². The Morgan fingerprint density at radius 2 is 1.15 bits per heavy atom.